The number of rotatable bonds is 4. The van der Waals surface area contributed by atoms with E-state index in [0.717, 1.165) is 5.69 Å². The van der Waals surface area contributed by atoms with E-state index in [2.05, 4.69) is 32.0 Å². The van der Waals surface area contributed by atoms with Crippen molar-refractivity contribution in [3.63, 3.8) is 0 Å². The Morgan fingerprint density at radius 2 is 1.95 bits per heavy atom. The maximum atomic E-state index is 12.0. The first-order valence-electron chi connectivity index (χ1n) is 6.48. The highest BCUT2D eigenvalue weighted by atomic mass is 32.1. The van der Waals surface area contributed by atoms with E-state index in [1.165, 1.54) is 10.4 Å². The maximum absolute atomic E-state index is 12.0. The van der Waals surface area contributed by atoms with Crippen LogP contribution in [0.3, 0.4) is 0 Å². The topological polar surface area (TPSA) is 20.3 Å². The smallest absolute Gasteiger partial charge is 0.227 e. The monoisotopic (exact) mass is 273 g/mol. The number of carbonyl (C=O) groups is 1. The summed E-state index contributed by atoms with van der Waals surface area (Å²) >= 11 is 1.67. The summed E-state index contributed by atoms with van der Waals surface area (Å²) in [7, 11) is 1.85. The van der Waals surface area contributed by atoms with Crippen LogP contribution >= 0.6 is 11.3 Å². The van der Waals surface area contributed by atoms with Gasteiger partial charge in [-0.2, -0.15) is 0 Å². The van der Waals surface area contributed by atoms with Crippen LogP contribution in [-0.2, 0) is 4.79 Å². The van der Waals surface area contributed by atoms with E-state index in [9.17, 15) is 4.79 Å². The largest absolute Gasteiger partial charge is 0.315 e. The second kappa shape index (κ2) is 6.02. The van der Waals surface area contributed by atoms with Crippen molar-refractivity contribution in [2.24, 2.45) is 5.92 Å². The van der Waals surface area contributed by atoms with E-state index in [-0.39, 0.29) is 5.91 Å². The lowest BCUT2D eigenvalue weighted by molar-refractivity contribution is -0.119. The summed E-state index contributed by atoms with van der Waals surface area (Å²) in [4.78, 5) is 15.0. The van der Waals surface area contributed by atoms with Crippen LogP contribution < -0.4 is 4.90 Å². The minimum Gasteiger partial charge on any atom is -0.315 e. The van der Waals surface area contributed by atoms with Gasteiger partial charge in [0.1, 0.15) is 0 Å². The van der Waals surface area contributed by atoms with Crippen molar-refractivity contribution < 1.29 is 4.79 Å². The lowest BCUT2D eigenvalue weighted by atomic mass is 10.1. The molecule has 3 heteroatoms. The number of hydrogen-bond acceptors (Lipinski definition) is 2. The molecular weight excluding hydrogens is 254 g/mol. The van der Waals surface area contributed by atoms with E-state index in [4.69, 9.17) is 0 Å². The van der Waals surface area contributed by atoms with Gasteiger partial charge in [0.15, 0.2) is 0 Å². The molecule has 0 bridgehead atoms. The van der Waals surface area contributed by atoms with Gasteiger partial charge in [0.05, 0.1) is 5.69 Å². The Balaban J connectivity index is 2.15. The number of thiophene rings is 1. The molecule has 2 rings (SSSR count). The third kappa shape index (κ3) is 3.44. The highest BCUT2D eigenvalue weighted by Crippen LogP contribution is 2.31. The molecule has 1 amide bonds. The van der Waals surface area contributed by atoms with Gasteiger partial charge >= 0.3 is 0 Å². The van der Waals surface area contributed by atoms with Crippen molar-refractivity contribution in [1.29, 1.82) is 0 Å². The van der Waals surface area contributed by atoms with Crippen LogP contribution in [0.15, 0.2) is 41.8 Å². The number of nitrogens with zero attached hydrogens (tertiary/aromatic N) is 1. The van der Waals surface area contributed by atoms with Crippen molar-refractivity contribution in [2.75, 3.05) is 11.9 Å². The zero-order chi connectivity index (χ0) is 13.8. The lowest BCUT2D eigenvalue weighted by Crippen LogP contribution is -2.26. The molecule has 1 aromatic heterocycles. The molecule has 100 valence electrons. The normalized spacial score (nSPS) is 10.7. The van der Waals surface area contributed by atoms with Crippen LogP contribution in [0.5, 0.6) is 0 Å². The standard InChI is InChI=1S/C16H19NOS/c1-12(2)9-16(18)17(3)14-10-15(19-11-14)13-7-5-4-6-8-13/h4-8,10-12H,9H2,1-3H3. The highest BCUT2D eigenvalue weighted by molar-refractivity contribution is 7.14. The summed E-state index contributed by atoms with van der Waals surface area (Å²) in [5.74, 6) is 0.564. The number of hydrogen-bond donors (Lipinski definition) is 0. The zero-order valence-corrected chi connectivity index (χ0v) is 12.4. The van der Waals surface area contributed by atoms with E-state index in [1.54, 1.807) is 16.2 Å². The lowest BCUT2D eigenvalue weighted by Gasteiger charge is -2.16. The van der Waals surface area contributed by atoms with E-state index >= 15 is 0 Å². The van der Waals surface area contributed by atoms with E-state index < -0.39 is 0 Å². The first-order valence-corrected chi connectivity index (χ1v) is 7.36. The minimum absolute atomic E-state index is 0.174. The average Bonchev–Trinajstić information content (AvgIpc) is 2.87. The van der Waals surface area contributed by atoms with Gasteiger partial charge in [-0.25, -0.2) is 0 Å². The second-order valence-electron chi connectivity index (χ2n) is 5.09. The minimum atomic E-state index is 0.174. The number of amides is 1. The molecule has 0 radical (unpaired) electrons. The van der Waals surface area contributed by atoms with E-state index in [1.807, 2.05) is 30.6 Å². The summed E-state index contributed by atoms with van der Waals surface area (Å²) < 4.78 is 0. The van der Waals surface area contributed by atoms with Crippen molar-refractivity contribution >= 4 is 22.9 Å². The van der Waals surface area contributed by atoms with E-state index in [0.29, 0.717) is 12.3 Å². The number of benzene rings is 1. The van der Waals surface area contributed by atoms with Gasteiger partial charge in [0.25, 0.3) is 0 Å². The third-order valence-electron chi connectivity index (χ3n) is 2.99. The van der Waals surface area contributed by atoms with Gasteiger partial charge in [0.2, 0.25) is 5.91 Å². The third-order valence-corrected chi connectivity index (χ3v) is 3.96. The van der Waals surface area contributed by atoms with Gasteiger partial charge in [-0.3, -0.25) is 4.79 Å². The summed E-state index contributed by atoms with van der Waals surface area (Å²) in [6, 6.07) is 12.3. The fourth-order valence-electron chi connectivity index (χ4n) is 1.89. The molecule has 1 heterocycles. The second-order valence-corrected chi connectivity index (χ2v) is 6.00. The quantitative estimate of drug-likeness (QED) is 0.807. The highest BCUT2D eigenvalue weighted by Gasteiger charge is 2.14. The Kier molecular flexibility index (Phi) is 4.38. The molecular formula is C16H19NOS. The van der Waals surface area contributed by atoms with Crippen LogP contribution in [0, 0.1) is 5.92 Å². The molecule has 0 fully saturated rings. The first-order chi connectivity index (χ1) is 9.08. The average molecular weight is 273 g/mol. The van der Waals surface area contributed by atoms with Crippen LogP contribution in [0.1, 0.15) is 20.3 Å². The molecule has 0 saturated heterocycles. The molecule has 2 aromatic rings. The van der Waals surface area contributed by atoms with Crippen LogP contribution in [-0.4, -0.2) is 13.0 Å². The van der Waals surface area contributed by atoms with Crippen molar-refractivity contribution in [1.82, 2.24) is 0 Å². The summed E-state index contributed by atoms with van der Waals surface area (Å²) in [6.45, 7) is 4.13. The molecule has 1 aromatic carbocycles. The molecule has 0 aliphatic carbocycles. The Morgan fingerprint density at radius 1 is 1.26 bits per heavy atom. The van der Waals surface area contributed by atoms with Gasteiger partial charge in [-0.05, 0) is 17.5 Å². The Hall–Kier alpha value is -1.61. The van der Waals surface area contributed by atoms with Gasteiger partial charge in [-0.15, -0.1) is 11.3 Å². The molecule has 0 unspecified atom stereocenters. The summed E-state index contributed by atoms with van der Waals surface area (Å²) in [5, 5.41) is 2.04. The maximum Gasteiger partial charge on any atom is 0.227 e. The predicted octanol–water partition coefficient (Wildman–Crippen LogP) is 4.42. The van der Waals surface area contributed by atoms with Gasteiger partial charge in [0, 0.05) is 23.7 Å². The van der Waals surface area contributed by atoms with Crippen LogP contribution in [0.2, 0.25) is 0 Å². The molecule has 0 atom stereocenters. The predicted molar refractivity (Wildman–Crippen MR) is 82.6 cm³/mol. The Labute approximate surface area is 118 Å². The van der Waals surface area contributed by atoms with Gasteiger partial charge < -0.3 is 4.90 Å². The van der Waals surface area contributed by atoms with Gasteiger partial charge in [-0.1, -0.05) is 44.2 Å². The molecule has 0 saturated carbocycles. The molecule has 0 N–H and O–H groups in total. The van der Waals surface area contributed by atoms with Crippen molar-refractivity contribution in [3.05, 3.63) is 41.8 Å². The molecule has 0 aliphatic rings. The molecule has 0 spiro atoms. The fraction of sp³-hybridized carbons (Fsp3) is 0.312. The SMILES string of the molecule is CC(C)CC(=O)N(C)c1csc(-c2ccccc2)c1. The first kappa shape index (κ1) is 13.8. The number of anilines is 1. The van der Waals surface area contributed by atoms with Crippen LogP contribution in [0.25, 0.3) is 10.4 Å². The molecule has 2 nitrogen and oxygen atoms in total. The zero-order valence-electron chi connectivity index (χ0n) is 11.6. The molecule has 19 heavy (non-hydrogen) atoms. The number of carbonyl (C=O) groups excluding carboxylic acids is 1. The summed E-state index contributed by atoms with van der Waals surface area (Å²) in [5.41, 5.74) is 2.18. The summed E-state index contributed by atoms with van der Waals surface area (Å²) in [6.07, 6.45) is 0.590. The van der Waals surface area contributed by atoms with Crippen LogP contribution in [0.4, 0.5) is 5.69 Å². The Morgan fingerprint density at radius 3 is 2.58 bits per heavy atom. The molecule has 0 aliphatic heterocycles. The van der Waals surface area contributed by atoms with Crippen molar-refractivity contribution in [2.45, 2.75) is 20.3 Å². The Bertz CT molecular complexity index is 545. The fourth-order valence-corrected chi connectivity index (χ4v) is 2.82. The van der Waals surface area contributed by atoms with Crippen molar-refractivity contribution in [3.8, 4) is 10.4 Å².